The molecule has 3 heterocycles. The molecule has 0 saturated heterocycles. The van der Waals surface area contributed by atoms with Gasteiger partial charge >= 0.3 is 0 Å². The molecule has 0 spiro atoms. The van der Waals surface area contributed by atoms with Crippen LogP contribution < -0.4 is 5.19 Å². The Hall–Kier alpha value is -3.24. The summed E-state index contributed by atoms with van der Waals surface area (Å²) in [5, 5.41) is 3.85. The van der Waals surface area contributed by atoms with Gasteiger partial charge in [0.25, 0.3) is 0 Å². The van der Waals surface area contributed by atoms with Gasteiger partial charge in [0.05, 0.1) is 19.3 Å². The molecule has 4 heteroatoms. The minimum atomic E-state index is -1.55. The van der Waals surface area contributed by atoms with E-state index in [1.807, 2.05) is 12.3 Å². The Morgan fingerprint density at radius 2 is 1.61 bits per heavy atom. The minimum Gasteiger partial charge on any atom is -0.325 e. The number of rotatable bonds is 5. The summed E-state index contributed by atoms with van der Waals surface area (Å²) in [6.45, 7) is 12.6. The Labute approximate surface area is 197 Å². The molecule has 0 amide bonds. The lowest BCUT2D eigenvalue weighted by Crippen LogP contribution is -2.39. The molecule has 0 atom stereocenters. The normalized spacial score (nSPS) is 12.2. The highest BCUT2D eigenvalue weighted by atomic mass is 28.3. The van der Waals surface area contributed by atoms with Crippen LogP contribution in [-0.2, 0) is 6.54 Å². The molecule has 5 rings (SSSR count). The molecule has 0 radical (unpaired) electrons. The number of nitrogens with zero attached hydrogens (tertiary/aromatic N) is 3. The fraction of sp³-hybridized carbons (Fsp3) is 0.241. The molecule has 0 fully saturated rings. The van der Waals surface area contributed by atoms with Crippen molar-refractivity contribution in [3.05, 3.63) is 79.1 Å². The second-order valence-corrected chi connectivity index (χ2v) is 15.4. The Kier molecular flexibility index (Phi) is 5.41. The average molecular weight is 450 g/mol. The van der Waals surface area contributed by atoms with Crippen molar-refractivity contribution in [2.75, 3.05) is 0 Å². The highest BCUT2D eigenvalue weighted by molar-refractivity contribution is 6.89. The van der Waals surface area contributed by atoms with Gasteiger partial charge in [-0.05, 0) is 52.6 Å². The molecule has 0 bridgehead atoms. The summed E-state index contributed by atoms with van der Waals surface area (Å²) in [5.41, 5.74) is 7.04. The third kappa shape index (κ3) is 4.00. The van der Waals surface area contributed by atoms with E-state index >= 15 is 0 Å². The third-order valence-corrected chi connectivity index (χ3v) is 8.27. The van der Waals surface area contributed by atoms with Gasteiger partial charge in [-0.15, -0.1) is 0 Å². The van der Waals surface area contributed by atoms with Crippen LogP contribution in [0.2, 0.25) is 19.6 Å². The fourth-order valence-electron chi connectivity index (χ4n) is 4.70. The number of hydrogen-bond donors (Lipinski definition) is 0. The first-order chi connectivity index (χ1) is 15.8. The number of pyridine rings is 2. The van der Waals surface area contributed by atoms with Crippen molar-refractivity contribution in [2.45, 2.75) is 40.0 Å². The zero-order chi connectivity index (χ0) is 23.2. The van der Waals surface area contributed by atoms with E-state index in [2.05, 4.69) is 105 Å². The molecule has 33 heavy (non-hydrogen) atoms. The lowest BCUT2D eigenvalue weighted by Gasteiger charge is -2.21. The van der Waals surface area contributed by atoms with Gasteiger partial charge in [0.15, 0.2) is 0 Å². The Balaban J connectivity index is 1.71. The van der Waals surface area contributed by atoms with Crippen molar-refractivity contribution >= 4 is 35.2 Å². The first-order valence-electron chi connectivity index (χ1n) is 11.8. The third-order valence-electron chi connectivity index (χ3n) is 6.26. The van der Waals surface area contributed by atoms with Gasteiger partial charge in [0, 0.05) is 35.3 Å². The van der Waals surface area contributed by atoms with Crippen LogP contribution >= 0.6 is 0 Å². The minimum absolute atomic E-state index is 0.551. The van der Waals surface area contributed by atoms with Crippen molar-refractivity contribution in [1.82, 2.24) is 14.5 Å². The van der Waals surface area contributed by atoms with Gasteiger partial charge in [0.1, 0.15) is 5.65 Å². The molecule has 0 aliphatic heterocycles. The van der Waals surface area contributed by atoms with Crippen LogP contribution in [0.1, 0.15) is 13.8 Å². The molecule has 3 aromatic heterocycles. The molecule has 0 aliphatic carbocycles. The van der Waals surface area contributed by atoms with E-state index in [0.29, 0.717) is 5.92 Å². The smallest absolute Gasteiger partial charge is 0.140 e. The zero-order valence-corrected chi connectivity index (χ0v) is 21.1. The van der Waals surface area contributed by atoms with E-state index in [1.54, 1.807) is 0 Å². The lowest BCUT2D eigenvalue weighted by atomic mass is 10.0. The molecule has 166 valence electrons. The first-order valence-corrected chi connectivity index (χ1v) is 15.3. The molecular formula is C29H31N3Si. The molecule has 3 nitrogen and oxygen atoms in total. The largest absolute Gasteiger partial charge is 0.325 e. The van der Waals surface area contributed by atoms with Crippen LogP contribution in [0.15, 0.2) is 79.1 Å². The maximum Gasteiger partial charge on any atom is 0.140 e. The molecule has 0 unspecified atom stereocenters. The van der Waals surface area contributed by atoms with E-state index in [-0.39, 0.29) is 0 Å². The molecule has 5 aromatic rings. The van der Waals surface area contributed by atoms with Crippen LogP contribution in [-0.4, -0.2) is 22.6 Å². The van der Waals surface area contributed by atoms with Crippen LogP contribution in [0.5, 0.6) is 0 Å². The van der Waals surface area contributed by atoms with Crippen LogP contribution in [0, 0.1) is 5.92 Å². The Morgan fingerprint density at radius 3 is 2.33 bits per heavy atom. The van der Waals surface area contributed by atoms with Gasteiger partial charge in [-0.1, -0.05) is 69.9 Å². The van der Waals surface area contributed by atoms with Crippen molar-refractivity contribution in [2.24, 2.45) is 5.92 Å². The molecule has 0 aliphatic rings. The number of benzene rings is 2. The maximum absolute atomic E-state index is 4.96. The number of fused-ring (bicyclic) bond motifs is 3. The zero-order valence-electron chi connectivity index (χ0n) is 20.1. The first kappa shape index (κ1) is 21.6. The van der Waals surface area contributed by atoms with E-state index in [1.165, 1.54) is 32.6 Å². The quantitative estimate of drug-likeness (QED) is 0.267. The summed E-state index contributed by atoms with van der Waals surface area (Å²) in [6.07, 6.45) is 4.01. The summed E-state index contributed by atoms with van der Waals surface area (Å²) >= 11 is 0. The molecule has 0 saturated carbocycles. The summed E-state index contributed by atoms with van der Waals surface area (Å²) in [7, 11) is -1.55. The Morgan fingerprint density at radius 1 is 0.818 bits per heavy atom. The fourth-order valence-corrected chi connectivity index (χ4v) is 6.18. The number of hydrogen-bond acceptors (Lipinski definition) is 2. The predicted molar refractivity (Wildman–Crippen MR) is 144 cm³/mol. The highest BCUT2D eigenvalue weighted by Gasteiger charge is 2.22. The predicted octanol–water partition coefficient (Wildman–Crippen LogP) is 7.12. The van der Waals surface area contributed by atoms with E-state index in [9.17, 15) is 0 Å². The van der Waals surface area contributed by atoms with Crippen LogP contribution in [0.3, 0.4) is 0 Å². The SMILES string of the molecule is CC(C)Cn1c2ccc(-c3cc(-c4ccccc4)c([Si](C)(C)C)cn3)cc2c2cccnc21. The van der Waals surface area contributed by atoms with Gasteiger partial charge in [-0.25, -0.2) is 4.98 Å². The standard InChI is InChI=1S/C29H31N3Si/c1-20(2)19-32-27-14-13-22(16-25(27)23-12-9-15-30-29(23)32)26-17-24(21-10-7-6-8-11-21)28(18-31-26)33(3,4)5/h6-18,20H,19H2,1-5H3. The van der Waals surface area contributed by atoms with Crippen molar-refractivity contribution < 1.29 is 0 Å². The highest BCUT2D eigenvalue weighted by Crippen LogP contribution is 2.33. The van der Waals surface area contributed by atoms with Crippen molar-refractivity contribution in [1.29, 1.82) is 0 Å². The van der Waals surface area contributed by atoms with E-state index < -0.39 is 8.07 Å². The summed E-state index contributed by atoms with van der Waals surface area (Å²) in [5.74, 6) is 0.551. The number of aromatic nitrogens is 3. The van der Waals surface area contributed by atoms with E-state index in [4.69, 9.17) is 9.97 Å². The molecule has 0 N–H and O–H groups in total. The van der Waals surface area contributed by atoms with Gasteiger partial charge < -0.3 is 4.57 Å². The van der Waals surface area contributed by atoms with Gasteiger partial charge in [-0.3, -0.25) is 4.98 Å². The van der Waals surface area contributed by atoms with Gasteiger partial charge in [0.2, 0.25) is 0 Å². The second-order valence-electron chi connectivity index (χ2n) is 10.3. The monoisotopic (exact) mass is 449 g/mol. The maximum atomic E-state index is 4.96. The van der Waals surface area contributed by atoms with Gasteiger partial charge in [-0.2, -0.15) is 0 Å². The second kappa shape index (κ2) is 8.27. The summed E-state index contributed by atoms with van der Waals surface area (Å²) < 4.78 is 2.36. The Bertz CT molecular complexity index is 1440. The lowest BCUT2D eigenvalue weighted by molar-refractivity contribution is 0.543. The van der Waals surface area contributed by atoms with E-state index in [0.717, 1.165) is 23.4 Å². The van der Waals surface area contributed by atoms with Crippen molar-refractivity contribution in [3.8, 4) is 22.4 Å². The summed E-state index contributed by atoms with van der Waals surface area (Å²) in [4.78, 5) is 9.67. The van der Waals surface area contributed by atoms with Crippen LogP contribution in [0.25, 0.3) is 44.3 Å². The van der Waals surface area contributed by atoms with Crippen molar-refractivity contribution in [3.63, 3.8) is 0 Å². The summed E-state index contributed by atoms with van der Waals surface area (Å²) in [6, 6.07) is 24.0. The molecule has 2 aromatic carbocycles. The average Bonchev–Trinajstić information content (AvgIpc) is 3.11. The molecular weight excluding hydrogens is 418 g/mol. The van der Waals surface area contributed by atoms with Crippen LogP contribution in [0.4, 0.5) is 0 Å². The topological polar surface area (TPSA) is 30.7 Å².